The summed E-state index contributed by atoms with van der Waals surface area (Å²) in [5, 5.41) is 3.56. The lowest BCUT2D eigenvalue weighted by Gasteiger charge is -2.51. The molecule has 1 spiro atoms. The number of likely N-dealkylation sites (tertiary alicyclic amines) is 1. The molecule has 5 heteroatoms. The van der Waals surface area contributed by atoms with E-state index in [9.17, 15) is 4.79 Å². The van der Waals surface area contributed by atoms with Crippen molar-refractivity contribution in [2.24, 2.45) is 0 Å². The van der Waals surface area contributed by atoms with Crippen LogP contribution in [0.15, 0.2) is 60.7 Å². The highest BCUT2D eigenvalue weighted by molar-refractivity contribution is 5.71. The lowest BCUT2D eigenvalue weighted by molar-refractivity contribution is -0.149. The van der Waals surface area contributed by atoms with Crippen LogP contribution in [0, 0.1) is 0 Å². The van der Waals surface area contributed by atoms with Crippen molar-refractivity contribution >= 4 is 5.97 Å². The van der Waals surface area contributed by atoms with E-state index in [4.69, 9.17) is 4.74 Å². The molecule has 0 bridgehead atoms. The van der Waals surface area contributed by atoms with E-state index < -0.39 is 0 Å². The van der Waals surface area contributed by atoms with Crippen molar-refractivity contribution in [3.05, 3.63) is 71.8 Å². The van der Waals surface area contributed by atoms with Crippen molar-refractivity contribution in [3.63, 3.8) is 0 Å². The molecule has 154 valence electrons. The number of piperidine rings is 1. The van der Waals surface area contributed by atoms with E-state index in [1.54, 1.807) is 0 Å². The molecule has 2 heterocycles. The van der Waals surface area contributed by atoms with Gasteiger partial charge in [-0.25, -0.2) is 0 Å². The van der Waals surface area contributed by atoms with Crippen LogP contribution in [0.25, 0.3) is 0 Å². The molecule has 4 rings (SSSR count). The molecule has 1 N–H and O–H groups in total. The second-order valence-electron chi connectivity index (χ2n) is 8.23. The Bertz CT molecular complexity index is 773. The first kappa shape index (κ1) is 20.1. The lowest BCUT2D eigenvalue weighted by atomic mass is 9.83. The normalized spacial score (nSPS) is 19.9. The number of rotatable bonds is 6. The van der Waals surface area contributed by atoms with Crippen LogP contribution in [-0.4, -0.2) is 60.6 Å². The number of ether oxygens (including phenoxy) is 1. The molecule has 29 heavy (non-hydrogen) atoms. The zero-order valence-corrected chi connectivity index (χ0v) is 17.1. The highest BCUT2D eigenvalue weighted by atomic mass is 16.5. The summed E-state index contributed by atoms with van der Waals surface area (Å²) in [7, 11) is 0. The maximum atomic E-state index is 12.5. The fourth-order valence-corrected chi connectivity index (χ4v) is 4.53. The number of esters is 1. The highest BCUT2D eigenvalue weighted by Gasteiger charge is 2.42. The number of carbonyl (C=O) groups is 1. The molecule has 0 aliphatic carbocycles. The molecule has 2 saturated heterocycles. The third-order valence-corrected chi connectivity index (χ3v) is 6.28. The number of hydrogen-bond acceptors (Lipinski definition) is 5. The van der Waals surface area contributed by atoms with E-state index in [-0.39, 0.29) is 11.5 Å². The largest absolute Gasteiger partial charge is 0.460 e. The number of piperazine rings is 1. The maximum Gasteiger partial charge on any atom is 0.320 e. The Balaban J connectivity index is 1.31. The summed E-state index contributed by atoms with van der Waals surface area (Å²) in [5.41, 5.74) is 2.47. The molecule has 2 aliphatic heterocycles. The number of nitrogens with one attached hydrogen (secondary N) is 1. The molecule has 0 unspecified atom stereocenters. The highest BCUT2D eigenvalue weighted by Crippen LogP contribution is 2.30. The minimum atomic E-state index is -0.123. The summed E-state index contributed by atoms with van der Waals surface area (Å²) in [6, 6.07) is 20.6. The molecule has 2 aromatic carbocycles. The summed E-state index contributed by atoms with van der Waals surface area (Å²) >= 11 is 0. The van der Waals surface area contributed by atoms with Crippen LogP contribution < -0.4 is 5.32 Å². The summed E-state index contributed by atoms with van der Waals surface area (Å²) in [6.45, 7) is 6.65. The van der Waals surface area contributed by atoms with Gasteiger partial charge in [-0.15, -0.1) is 0 Å². The van der Waals surface area contributed by atoms with Crippen molar-refractivity contribution in [3.8, 4) is 0 Å². The van der Waals surface area contributed by atoms with E-state index >= 15 is 0 Å². The van der Waals surface area contributed by atoms with E-state index in [2.05, 4.69) is 45.4 Å². The molecule has 0 amide bonds. The van der Waals surface area contributed by atoms with Gasteiger partial charge in [-0.1, -0.05) is 60.7 Å². The molecule has 2 fully saturated rings. The van der Waals surface area contributed by atoms with Crippen LogP contribution in [0.1, 0.15) is 24.0 Å². The molecule has 2 aliphatic rings. The Labute approximate surface area is 173 Å². The summed E-state index contributed by atoms with van der Waals surface area (Å²) in [6.07, 6.45) is 2.16. The smallest absolute Gasteiger partial charge is 0.320 e. The topological polar surface area (TPSA) is 44.8 Å². The molecule has 0 radical (unpaired) electrons. The number of hydrogen-bond donors (Lipinski definition) is 1. The van der Waals surface area contributed by atoms with Crippen LogP contribution in [0.3, 0.4) is 0 Å². The quantitative estimate of drug-likeness (QED) is 0.765. The van der Waals surface area contributed by atoms with Crippen LogP contribution in [0.5, 0.6) is 0 Å². The van der Waals surface area contributed by atoms with Crippen molar-refractivity contribution in [2.45, 2.75) is 31.5 Å². The first-order valence-corrected chi connectivity index (χ1v) is 10.7. The second kappa shape index (κ2) is 9.53. The molecular formula is C24H31N3O2. The molecule has 5 nitrogen and oxygen atoms in total. The van der Waals surface area contributed by atoms with Gasteiger partial charge in [-0.3, -0.25) is 14.6 Å². The van der Waals surface area contributed by atoms with Gasteiger partial charge >= 0.3 is 5.97 Å². The number of nitrogens with zero attached hydrogens (tertiary/aromatic N) is 2. The number of carbonyl (C=O) groups excluding carboxylic acids is 1. The molecule has 0 saturated carbocycles. The van der Waals surface area contributed by atoms with E-state index in [1.165, 1.54) is 5.56 Å². The van der Waals surface area contributed by atoms with Crippen molar-refractivity contribution < 1.29 is 9.53 Å². The Hall–Kier alpha value is -2.21. The summed E-state index contributed by atoms with van der Waals surface area (Å²) in [4.78, 5) is 17.4. The predicted octanol–water partition coefficient (Wildman–Crippen LogP) is 2.67. The fourth-order valence-electron chi connectivity index (χ4n) is 4.53. The Kier molecular flexibility index (Phi) is 6.60. The van der Waals surface area contributed by atoms with Gasteiger partial charge in [-0.2, -0.15) is 0 Å². The van der Waals surface area contributed by atoms with Gasteiger partial charge in [0.2, 0.25) is 0 Å². The molecular weight excluding hydrogens is 362 g/mol. The molecule has 2 aromatic rings. The van der Waals surface area contributed by atoms with Gasteiger partial charge < -0.3 is 10.1 Å². The van der Waals surface area contributed by atoms with Crippen LogP contribution in [0.2, 0.25) is 0 Å². The van der Waals surface area contributed by atoms with E-state index in [0.29, 0.717) is 13.2 Å². The fraction of sp³-hybridized carbons (Fsp3) is 0.458. The van der Waals surface area contributed by atoms with Crippen LogP contribution in [0.4, 0.5) is 0 Å². The van der Waals surface area contributed by atoms with Gasteiger partial charge in [0.15, 0.2) is 0 Å². The van der Waals surface area contributed by atoms with Gasteiger partial charge in [0.25, 0.3) is 0 Å². The van der Waals surface area contributed by atoms with Gasteiger partial charge in [0, 0.05) is 44.8 Å². The minimum absolute atomic E-state index is 0.0667. The van der Waals surface area contributed by atoms with E-state index in [0.717, 1.165) is 57.7 Å². The predicted molar refractivity (Wildman–Crippen MR) is 114 cm³/mol. The Morgan fingerprint density at radius 1 is 0.931 bits per heavy atom. The minimum Gasteiger partial charge on any atom is -0.460 e. The average Bonchev–Trinajstić information content (AvgIpc) is 2.77. The monoisotopic (exact) mass is 393 g/mol. The maximum absolute atomic E-state index is 12.5. The zero-order chi connectivity index (χ0) is 19.9. The van der Waals surface area contributed by atoms with Crippen LogP contribution in [-0.2, 0) is 22.7 Å². The first-order chi connectivity index (χ1) is 14.2. The summed E-state index contributed by atoms with van der Waals surface area (Å²) in [5.74, 6) is -0.123. The average molecular weight is 394 g/mol. The molecule has 0 aromatic heterocycles. The third-order valence-electron chi connectivity index (χ3n) is 6.28. The zero-order valence-electron chi connectivity index (χ0n) is 17.1. The second-order valence-corrected chi connectivity index (χ2v) is 8.23. The van der Waals surface area contributed by atoms with Gasteiger partial charge in [0.05, 0.1) is 6.54 Å². The van der Waals surface area contributed by atoms with Crippen molar-refractivity contribution in [1.29, 1.82) is 0 Å². The van der Waals surface area contributed by atoms with E-state index in [1.807, 2.05) is 30.3 Å². The number of benzene rings is 2. The lowest BCUT2D eigenvalue weighted by Crippen LogP contribution is -2.65. The van der Waals surface area contributed by atoms with Crippen LogP contribution >= 0.6 is 0 Å². The summed E-state index contributed by atoms with van der Waals surface area (Å²) < 4.78 is 5.55. The van der Waals surface area contributed by atoms with Gasteiger partial charge in [-0.05, 0) is 24.0 Å². The SMILES string of the molecule is O=C(CN1CCNCC12CCN(Cc1ccccc1)CC2)OCc1ccccc1. The first-order valence-electron chi connectivity index (χ1n) is 10.7. The third kappa shape index (κ3) is 5.24. The van der Waals surface area contributed by atoms with Crippen molar-refractivity contribution in [1.82, 2.24) is 15.1 Å². The standard InChI is InChI=1S/C24H31N3O2/c28-23(29-19-22-9-5-2-6-10-22)18-27-16-13-25-20-24(27)11-14-26(15-12-24)17-21-7-3-1-4-8-21/h1-10,25H,11-20H2. The Morgan fingerprint density at radius 3 is 2.28 bits per heavy atom. The van der Waals surface area contributed by atoms with Crippen molar-refractivity contribution in [2.75, 3.05) is 39.3 Å². The molecule has 0 atom stereocenters. The van der Waals surface area contributed by atoms with Gasteiger partial charge in [0.1, 0.15) is 6.61 Å². The Morgan fingerprint density at radius 2 is 1.59 bits per heavy atom.